The number of alkyl halides is 1. The van der Waals surface area contributed by atoms with Gasteiger partial charge in [0.05, 0.1) is 5.38 Å². The fourth-order valence-electron chi connectivity index (χ4n) is 3.44. The Labute approximate surface area is 131 Å². The smallest absolute Gasteiger partial charge is 0.160 e. The van der Waals surface area contributed by atoms with Gasteiger partial charge in [-0.15, -0.1) is 11.6 Å². The van der Waals surface area contributed by atoms with Crippen LogP contribution in [0, 0.1) is 12.8 Å². The van der Waals surface area contributed by atoms with Gasteiger partial charge >= 0.3 is 0 Å². The van der Waals surface area contributed by atoms with Crippen LogP contribution in [0.2, 0.25) is 0 Å². The molecule has 0 saturated heterocycles. The summed E-state index contributed by atoms with van der Waals surface area (Å²) in [7, 11) is 0. The summed E-state index contributed by atoms with van der Waals surface area (Å²) in [6.07, 6.45) is 10.1. The molecule has 2 aromatic rings. The number of hydrogen-bond acceptors (Lipinski definition) is 2. The molecule has 1 atom stereocenters. The lowest BCUT2D eigenvalue weighted by atomic mass is 9.87. The molecule has 0 spiro atoms. The summed E-state index contributed by atoms with van der Waals surface area (Å²) >= 11 is 6.33. The van der Waals surface area contributed by atoms with E-state index in [1.54, 1.807) is 0 Å². The van der Waals surface area contributed by atoms with Gasteiger partial charge in [0.1, 0.15) is 11.3 Å². The third kappa shape index (κ3) is 3.23. The molecule has 1 aliphatic carbocycles. The largest absolute Gasteiger partial charge is 0.311 e. The zero-order valence-corrected chi connectivity index (χ0v) is 13.7. The van der Waals surface area contributed by atoms with Crippen LogP contribution in [-0.2, 0) is 6.54 Å². The van der Waals surface area contributed by atoms with Crippen molar-refractivity contribution in [2.75, 3.05) is 0 Å². The maximum atomic E-state index is 6.33. The van der Waals surface area contributed by atoms with E-state index in [0.717, 1.165) is 35.0 Å². The summed E-state index contributed by atoms with van der Waals surface area (Å²) in [6.45, 7) is 5.04. The van der Waals surface area contributed by atoms with Gasteiger partial charge in [-0.1, -0.05) is 32.1 Å². The monoisotopic (exact) mass is 305 g/mol. The molecule has 0 aliphatic heterocycles. The lowest BCUT2D eigenvalue weighted by Gasteiger charge is -2.22. The van der Waals surface area contributed by atoms with Crippen LogP contribution in [-0.4, -0.2) is 14.5 Å². The Morgan fingerprint density at radius 1 is 1.33 bits per heavy atom. The molecule has 2 aromatic heterocycles. The molecular formula is C17H24ClN3. The minimum absolute atomic E-state index is 0.0779. The van der Waals surface area contributed by atoms with E-state index >= 15 is 0 Å². The molecule has 0 aromatic carbocycles. The molecule has 1 unspecified atom stereocenters. The summed E-state index contributed by atoms with van der Waals surface area (Å²) < 4.78 is 2.24. The predicted molar refractivity (Wildman–Crippen MR) is 87.7 cm³/mol. The van der Waals surface area contributed by atoms with E-state index in [1.807, 2.05) is 13.1 Å². The third-order valence-corrected chi connectivity index (χ3v) is 4.79. The van der Waals surface area contributed by atoms with Crippen molar-refractivity contribution >= 4 is 22.8 Å². The Bertz CT molecular complexity index is 612. The van der Waals surface area contributed by atoms with Gasteiger partial charge in [0.2, 0.25) is 0 Å². The Kier molecular flexibility index (Phi) is 4.48. The summed E-state index contributed by atoms with van der Waals surface area (Å²) in [5, 5.41) is -0.0779. The van der Waals surface area contributed by atoms with Gasteiger partial charge < -0.3 is 4.57 Å². The number of fused-ring (bicyclic) bond motifs is 1. The lowest BCUT2D eigenvalue weighted by Crippen LogP contribution is -2.12. The molecule has 0 bridgehead atoms. The third-order valence-electron chi connectivity index (χ3n) is 4.59. The van der Waals surface area contributed by atoms with Crippen LogP contribution in [0.1, 0.15) is 62.2 Å². The molecule has 3 nitrogen and oxygen atoms in total. The van der Waals surface area contributed by atoms with Crippen LogP contribution in [0.3, 0.4) is 0 Å². The molecule has 21 heavy (non-hydrogen) atoms. The molecule has 4 heteroatoms. The number of aromatic nitrogens is 3. The second-order valence-electron chi connectivity index (χ2n) is 6.39. The van der Waals surface area contributed by atoms with Crippen molar-refractivity contribution in [2.24, 2.45) is 5.92 Å². The first-order chi connectivity index (χ1) is 10.1. The summed E-state index contributed by atoms with van der Waals surface area (Å²) in [6, 6.07) is 2.10. The highest BCUT2D eigenvalue weighted by Gasteiger charge is 2.18. The van der Waals surface area contributed by atoms with E-state index in [-0.39, 0.29) is 5.38 Å². The number of nitrogens with zero attached hydrogens (tertiary/aromatic N) is 3. The Balaban J connectivity index is 1.86. The first kappa shape index (κ1) is 14.8. The van der Waals surface area contributed by atoms with Crippen LogP contribution in [0.15, 0.2) is 12.3 Å². The Hall–Kier alpha value is -1.09. The molecule has 1 aliphatic rings. The average molecular weight is 306 g/mol. The zero-order valence-electron chi connectivity index (χ0n) is 13.0. The van der Waals surface area contributed by atoms with Crippen LogP contribution >= 0.6 is 11.6 Å². The van der Waals surface area contributed by atoms with Gasteiger partial charge in [0.15, 0.2) is 5.65 Å². The van der Waals surface area contributed by atoms with Crippen LogP contribution < -0.4 is 0 Å². The lowest BCUT2D eigenvalue weighted by molar-refractivity contribution is 0.323. The second-order valence-corrected chi connectivity index (χ2v) is 7.04. The minimum atomic E-state index is -0.0779. The maximum Gasteiger partial charge on any atom is 0.160 e. The molecular weight excluding hydrogens is 282 g/mol. The van der Waals surface area contributed by atoms with E-state index < -0.39 is 0 Å². The molecule has 2 heterocycles. The number of halogens is 1. The van der Waals surface area contributed by atoms with Crippen LogP contribution in [0.25, 0.3) is 11.2 Å². The van der Waals surface area contributed by atoms with Gasteiger partial charge in [-0.25, -0.2) is 9.97 Å². The van der Waals surface area contributed by atoms with Crippen LogP contribution in [0.5, 0.6) is 0 Å². The zero-order chi connectivity index (χ0) is 14.8. The molecule has 1 fully saturated rings. The van der Waals surface area contributed by atoms with Crippen molar-refractivity contribution in [3.05, 3.63) is 23.7 Å². The van der Waals surface area contributed by atoms with Gasteiger partial charge in [-0.05, 0) is 37.8 Å². The van der Waals surface area contributed by atoms with Crippen molar-refractivity contribution in [1.82, 2.24) is 14.5 Å². The number of pyridine rings is 1. The number of imidazole rings is 1. The fourth-order valence-corrected chi connectivity index (χ4v) is 3.61. The first-order valence-corrected chi connectivity index (χ1v) is 8.55. The average Bonchev–Trinajstić information content (AvgIpc) is 2.84. The number of rotatable bonds is 4. The SMILES string of the molecule is Cc1cnc2c(c1)nc(C(C)Cl)n2CCC1CCCCC1. The fraction of sp³-hybridized carbons (Fsp3) is 0.647. The summed E-state index contributed by atoms with van der Waals surface area (Å²) in [4.78, 5) is 9.29. The minimum Gasteiger partial charge on any atom is -0.311 e. The van der Waals surface area contributed by atoms with E-state index in [2.05, 4.69) is 22.5 Å². The van der Waals surface area contributed by atoms with E-state index in [1.165, 1.54) is 38.5 Å². The van der Waals surface area contributed by atoms with E-state index in [4.69, 9.17) is 16.6 Å². The number of aryl methyl sites for hydroxylation is 2. The summed E-state index contributed by atoms with van der Waals surface area (Å²) in [5.41, 5.74) is 3.10. The van der Waals surface area contributed by atoms with Crippen molar-refractivity contribution in [3.8, 4) is 0 Å². The molecule has 0 amide bonds. The predicted octanol–water partition coefficient (Wildman–Crippen LogP) is 5.01. The number of hydrogen-bond donors (Lipinski definition) is 0. The Morgan fingerprint density at radius 3 is 2.81 bits per heavy atom. The van der Waals surface area contributed by atoms with Gasteiger partial charge in [-0.3, -0.25) is 0 Å². The Morgan fingerprint density at radius 2 is 2.10 bits per heavy atom. The van der Waals surface area contributed by atoms with Gasteiger partial charge in [0.25, 0.3) is 0 Å². The highest BCUT2D eigenvalue weighted by Crippen LogP contribution is 2.29. The quantitative estimate of drug-likeness (QED) is 0.743. The highest BCUT2D eigenvalue weighted by atomic mass is 35.5. The van der Waals surface area contributed by atoms with Gasteiger partial charge in [0, 0.05) is 12.7 Å². The topological polar surface area (TPSA) is 30.7 Å². The van der Waals surface area contributed by atoms with E-state index in [0.29, 0.717) is 0 Å². The normalized spacial score (nSPS) is 18.2. The van der Waals surface area contributed by atoms with Crippen molar-refractivity contribution in [2.45, 2.75) is 64.3 Å². The maximum absolute atomic E-state index is 6.33. The molecule has 0 radical (unpaired) electrons. The standard InChI is InChI=1S/C17H24ClN3/c1-12-10-15-17(19-11-12)21(16(20-15)13(2)18)9-8-14-6-4-3-5-7-14/h10-11,13-14H,3-9H2,1-2H3. The first-order valence-electron chi connectivity index (χ1n) is 8.12. The molecule has 114 valence electrons. The second kappa shape index (κ2) is 6.35. The van der Waals surface area contributed by atoms with Crippen molar-refractivity contribution < 1.29 is 0 Å². The van der Waals surface area contributed by atoms with Crippen LogP contribution in [0.4, 0.5) is 0 Å². The molecule has 0 N–H and O–H groups in total. The van der Waals surface area contributed by atoms with E-state index in [9.17, 15) is 0 Å². The van der Waals surface area contributed by atoms with Gasteiger partial charge in [-0.2, -0.15) is 0 Å². The van der Waals surface area contributed by atoms with Crippen molar-refractivity contribution in [1.29, 1.82) is 0 Å². The summed E-state index contributed by atoms with van der Waals surface area (Å²) in [5.74, 6) is 1.82. The van der Waals surface area contributed by atoms with Crippen molar-refractivity contribution in [3.63, 3.8) is 0 Å². The highest BCUT2D eigenvalue weighted by molar-refractivity contribution is 6.20. The molecule has 3 rings (SSSR count). The molecule has 1 saturated carbocycles.